The van der Waals surface area contributed by atoms with Crippen LogP contribution in [0, 0.1) is 0 Å². The third kappa shape index (κ3) is 4.87. The van der Waals surface area contributed by atoms with Crippen molar-refractivity contribution in [1.82, 2.24) is 0 Å². The third-order valence-corrected chi connectivity index (χ3v) is 3.33. The predicted octanol–water partition coefficient (Wildman–Crippen LogP) is 2.42. The molecule has 0 heterocycles. The molecule has 0 radical (unpaired) electrons. The topological polar surface area (TPSA) is 90.9 Å². The largest absolute Gasteiger partial charge is 0.466 e. The highest BCUT2D eigenvalue weighted by molar-refractivity contribution is 6.42. The van der Waals surface area contributed by atoms with Crippen LogP contribution in [-0.4, -0.2) is 39.2 Å². The van der Waals surface area contributed by atoms with Gasteiger partial charge in [-0.2, -0.15) is 0 Å². The Morgan fingerprint density at radius 3 is 2.13 bits per heavy atom. The molecule has 0 aromatic heterocycles. The van der Waals surface area contributed by atoms with Crippen molar-refractivity contribution in [2.45, 2.75) is 0 Å². The molecule has 1 N–H and O–H groups in total. The Morgan fingerprint density at radius 1 is 1.00 bits per heavy atom. The standard InChI is InChI=1S/C14H13Cl2NO6/c1-21-12(18)6-11(14(20)23-3)17-10-5-9(16)8(15)4-7(10)13(19)22-2/h4-6,17H,1-3H3/b11-6+. The van der Waals surface area contributed by atoms with Gasteiger partial charge in [-0.3, -0.25) is 0 Å². The number of carbonyl (C=O) groups excluding carboxylic acids is 3. The van der Waals surface area contributed by atoms with E-state index < -0.39 is 17.9 Å². The van der Waals surface area contributed by atoms with Gasteiger partial charge in [0.2, 0.25) is 0 Å². The van der Waals surface area contributed by atoms with E-state index in [0.29, 0.717) is 0 Å². The molecule has 0 aliphatic rings. The smallest absolute Gasteiger partial charge is 0.354 e. The summed E-state index contributed by atoms with van der Waals surface area (Å²) in [7, 11) is 3.46. The van der Waals surface area contributed by atoms with Crippen molar-refractivity contribution in [1.29, 1.82) is 0 Å². The molecule has 0 bridgehead atoms. The maximum absolute atomic E-state index is 11.8. The molecule has 23 heavy (non-hydrogen) atoms. The van der Waals surface area contributed by atoms with E-state index in [-0.39, 0.29) is 27.0 Å². The van der Waals surface area contributed by atoms with Crippen molar-refractivity contribution >= 4 is 46.8 Å². The Hall–Kier alpha value is -2.25. The molecule has 1 rings (SSSR count). The van der Waals surface area contributed by atoms with Gasteiger partial charge in [0.15, 0.2) is 0 Å². The van der Waals surface area contributed by atoms with Crippen molar-refractivity contribution in [3.8, 4) is 0 Å². The first-order chi connectivity index (χ1) is 10.8. The van der Waals surface area contributed by atoms with Crippen molar-refractivity contribution in [2.75, 3.05) is 26.6 Å². The molecule has 0 unspecified atom stereocenters. The summed E-state index contributed by atoms with van der Waals surface area (Å²) in [5.41, 5.74) is -0.142. The molecule has 0 aliphatic heterocycles. The highest BCUT2D eigenvalue weighted by Crippen LogP contribution is 2.30. The number of anilines is 1. The Kier molecular flexibility index (Phi) is 6.87. The van der Waals surface area contributed by atoms with Crippen LogP contribution in [0.3, 0.4) is 0 Å². The van der Waals surface area contributed by atoms with Gasteiger partial charge in [0, 0.05) is 0 Å². The van der Waals surface area contributed by atoms with Gasteiger partial charge in [0.05, 0.1) is 48.7 Å². The minimum absolute atomic E-state index is 0.0153. The van der Waals surface area contributed by atoms with Gasteiger partial charge in [-0.15, -0.1) is 0 Å². The lowest BCUT2D eigenvalue weighted by atomic mass is 10.1. The molecule has 0 atom stereocenters. The Morgan fingerprint density at radius 2 is 1.61 bits per heavy atom. The fraction of sp³-hybridized carbons (Fsp3) is 0.214. The van der Waals surface area contributed by atoms with Gasteiger partial charge in [-0.25, -0.2) is 14.4 Å². The number of hydrogen-bond acceptors (Lipinski definition) is 7. The first kappa shape index (κ1) is 18.8. The maximum atomic E-state index is 11.8. The van der Waals surface area contributed by atoms with E-state index >= 15 is 0 Å². The lowest BCUT2D eigenvalue weighted by molar-refractivity contribution is -0.138. The molecule has 0 aliphatic carbocycles. The molecule has 1 aromatic rings. The first-order valence-corrected chi connectivity index (χ1v) is 6.82. The van der Waals surface area contributed by atoms with Crippen LogP contribution in [-0.2, 0) is 23.8 Å². The molecule has 7 nitrogen and oxygen atoms in total. The van der Waals surface area contributed by atoms with Crippen LogP contribution in [0.5, 0.6) is 0 Å². The van der Waals surface area contributed by atoms with Gasteiger partial charge >= 0.3 is 17.9 Å². The van der Waals surface area contributed by atoms with Crippen LogP contribution < -0.4 is 5.32 Å². The number of esters is 3. The van der Waals surface area contributed by atoms with Gasteiger partial charge in [0.25, 0.3) is 0 Å². The van der Waals surface area contributed by atoms with E-state index in [4.69, 9.17) is 23.2 Å². The summed E-state index contributed by atoms with van der Waals surface area (Å²) in [6.45, 7) is 0. The fourth-order valence-electron chi connectivity index (χ4n) is 1.51. The van der Waals surface area contributed by atoms with E-state index in [1.165, 1.54) is 19.2 Å². The van der Waals surface area contributed by atoms with Crippen molar-refractivity contribution < 1.29 is 28.6 Å². The molecule has 0 amide bonds. The second-order valence-corrected chi connectivity index (χ2v) is 4.82. The van der Waals surface area contributed by atoms with E-state index in [0.717, 1.165) is 20.3 Å². The van der Waals surface area contributed by atoms with Crippen molar-refractivity contribution in [3.63, 3.8) is 0 Å². The number of halogens is 2. The highest BCUT2D eigenvalue weighted by Gasteiger charge is 2.19. The lowest BCUT2D eigenvalue weighted by Crippen LogP contribution is -2.17. The number of methoxy groups -OCH3 is 3. The summed E-state index contributed by atoms with van der Waals surface area (Å²) in [6.07, 6.45) is 0.870. The Labute approximate surface area is 142 Å². The van der Waals surface area contributed by atoms with E-state index in [9.17, 15) is 14.4 Å². The van der Waals surface area contributed by atoms with Crippen molar-refractivity contribution in [2.24, 2.45) is 0 Å². The van der Waals surface area contributed by atoms with Crippen LogP contribution in [0.15, 0.2) is 23.9 Å². The summed E-state index contributed by atoms with van der Waals surface area (Å²) in [5.74, 6) is -2.36. The first-order valence-electron chi connectivity index (χ1n) is 6.06. The summed E-state index contributed by atoms with van der Waals surface area (Å²) in [6, 6.07) is 2.58. The van der Waals surface area contributed by atoms with Gasteiger partial charge in [-0.1, -0.05) is 23.2 Å². The predicted molar refractivity (Wildman–Crippen MR) is 83.5 cm³/mol. The van der Waals surface area contributed by atoms with E-state index in [1.807, 2.05) is 0 Å². The van der Waals surface area contributed by atoms with Gasteiger partial charge in [0.1, 0.15) is 5.70 Å². The summed E-state index contributed by atoms with van der Waals surface area (Å²) >= 11 is 11.8. The minimum Gasteiger partial charge on any atom is -0.466 e. The average Bonchev–Trinajstić information content (AvgIpc) is 2.55. The molecule has 0 saturated heterocycles. The van der Waals surface area contributed by atoms with Gasteiger partial charge < -0.3 is 19.5 Å². The molecular weight excluding hydrogens is 349 g/mol. The number of carbonyl (C=O) groups is 3. The SMILES string of the molecule is COC(=O)/C=C(/Nc1cc(Cl)c(Cl)cc1C(=O)OC)C(=O)OC. The molecule has 124 valence electrons. The molecule has 1 aromatic carbocycles. The summed E-state index contributed by atoms with van der Waals surface area (Å²) in [5, 5.41) is 2.84. The number of ether oxygens (including phenoxy) is 3. The molecule has 0 fully saturated rings. The molecule has 9 heteroatoms. The Balaban J connectivity index is 3.35. The minimum atomic E-state index is -0.850. The zero-order chi connectivity index (χ0) is 17.6. The normalized spacial score (nSPS) is 10.7. The van der Waals surface area contributed by atoms with Crippen LogP contribution in [0.1, 0.15) is 10.4 Å². The Bertz CT molecular complexity index is 671. The van der Waals surface area contributed by atoms with Crippen molar-refractivity contribution in [3.05, 3.63) is 39.5 Å². The number of nitrogens with one attached hydrogen (secondary N) is 1. The monoisotopic (exact) mass is 361 g/mol. The fourth-order valence-corrected chi connectivity index (χ4v) is 1.83. The number of rotatable bonds is 5. The number of hydrogen-bond donors (Lipinski definition) is 1. The van der Waals surface area contributed by atoms with Gasteiger partial charge in [-0.05, 0) is 12.1 Å². The molecule has 0 spiro atoms. The molecular formula is C14H13Cl2NO6. The number of benzene rings is 1. The maximum Gasteiger partial charge on any atom is 0.354 e. The van der Waals surface area contributed by atoms with Crippen LogP contribution >= 0.6 is 23.2 Å². The van der Waals surface area contributed by atoms with E-state index in [1.54, 1.807) is 0 Å². The molecule has 0 saturated carbocycles. The summed E-state index contributed by atoms with van der Waals surface area (Å²) < 4.78 is 13.6. The summed E-state index contributed by atoms with van der Waals surface area (Å²) in [4.78, 5) is 34.9. The average molecular weight is 362 g/mol. The third-order valence-electron chi connectivity index (χ3n) is 2.60. The lowest BCUT2D eigenvalue weighted by Gasteiger charge is -2.13. The highest BCUT2D eigenvalue weighted by atomic mass is 35.5. The van der Waals surface area contributed by atoms with Crippen LogP contribution in [0.4, 0.5) is 5.69 Å². The van der Waals surface area contributed by atoms with E-state index in [2.05, 4.69) is 19.5 Å². The second-order valence-electron chi connectivity index (χ2n) is 4.00. The quantitative estimate of drug-likeness (QED) is 0.489. The van der Waals surface area contributed by atoms with Crippen LogP contribution in [0.25, 0.3) is 0 Å². The zero-order valence-electron chi connectivity index (χ0n) is 12.4. The zero-order valence-corrected chi connectivity index (χ0v) is 13.9. The van der Waals surface area contributed by atoms with Crippen LogP contribution in [0.2, 0.25) is 10.0 Å². The second kappa shape index (κ2) is 8.40.